The van der Waals surface area contributed by atoms with Crippen LogP contribution in [0, 0.1) is 0 Å². The Morgan fingerprint density at radius 1 is 0.806 bits per heavy atom. The molecule has 2 aliphatic rings. The molecular formula is C26H36O4Si. The van der Waals surface area contributed by atoms with Gasteiger partial charge in [0.2, 0.25) is 0 Å². The summed E-state index contributed by atoms with van der Waals surface area (Å²) in [6, 6.07) is 21.5. The lowest BCUT2D eigenvalue weighted by atomic mass is 10.1. The fourth-order valence-electron chi connectivity index (χ4n) is 5.25. The third-order valence-electron chi connectivity index (χ3n) is 6.80. The average molecular weight is 441 g/mol. The summed E-state index contributed by atoms with van der Waals surface area (Å²) in [6.45, 7) is 7.61. The first-order valence-electron chi connectivity index (χ1n) is 11.6. The van der Waals surface area contributed by atoms with E-state index in [9.17, 15) is 5.11 Å². The number of hydrogen-bond donors (Lipinski definition) is 1. The summed E-state index contributed by atoms with van der Waals surface area (Å²) in [5.41, 5.74) is 0. The van der Waals surface area contributed by atoms with Gasteiger partial charge in [0.05, 0.1) is 37.6 Å². The van der Waals surface area contributed by atoms with E-state index in [0.717, 1.165) is 25.7 Å². The molecular weight excluding hydrogens is 404 g/mol. The van der Waals surface area contributed by atoms with E-state index in [1.165, 1.54) is 10.4 Å². The Morgan fingerprint density at radius 2 is 1.29 bits per heavy atom. The monoisotopic (exact) mass is 440 g/mol. The quantitative estimate of drug-likeness (QED) is 0.668. The van der Waals surface area contributed by atoms with Crippen LogP contribution >= 0.6 is 0 Å². The molecule has 168 valence electrons. The maximum absolute atomic E-state index is 9.36. The molecule has 2 aromatic rings. The first-order chi connectivity index (χ1) is 14.9. The number of aliphatic hydroxyl groups excluding tert-OH is 1. The molecule has 1 N–H and O–H groups in total. The summed E-state index contributed by atoms with van der Waals surface area (Å²) in [6.07, 6.45) is 4.16. The van der Waals surface area contributed by atoms with Crippen molar-refractivity contribution >= 4 is 18.7 Å². The number of benzene rings is 2. The number of rotatable bonds is 7. The van der Waals surface area contributed by atoms with E-state index in [-0.39, 0.29) is 36.1 Å². The van der Waals surface area contributed by atoms with Crippen LogP contribution in [0.15, 0.2) is 60.7 Å². The molecule has 2 fully saturated rings. The highest BCUT2D eigenvalue weighted by Gasteiger charge is 2.50. The molecule has 2 heterocycles. The number of aliphatic hydroxyl groups is 1. The van der Waals surface area contributed by atoms with Crippen molar-refractivity contribution in [3.05, 3.63) is 60.7 Å². The molecule has 0 saturated carbocycles. The molecule has 0 unspecified atom stereocenters. The molecule has 4 nitrogen and oxygen atoms in total. The van der Waals surface area contributed by atoms with Gasteiger partial charge in [-0.2, -0.15) is 0 Å². The summed E-state index contributed by atoms with van der Waals surface area (Å²) in [5.74, 6) is 0. The average Bonchev–Trinajstić information content (AvgIpc) is 3.44. The van der Waals surface area contributed by atoms with Gasteiger partial charge in [-0.3, -0.25) is 0 Å². The van der Waals surface area contributed by atoms with Crippen molar-refractivity contribution in [2.75, 3.05) is 13.2 Å². The molecule has 0 spiro atoms. The van der Waals surface area contributed by atoms with Gasteiger partial charge in [-0.15, -0.1) is 0 Å². The second-order valence-corrected chi connectivity index (χ2v) is 14.2. The van der Waals surface area contributed by atoms with Crippen molar-refractivity contribution in [2.45, 2.75) is 75.9 Å². The van der Waals surface area contributed by atoms with Gasteiger partial charge < -0.3 is 19.0 Å². The van der Waals surface area contributed by atoms with Gasteiger partial charge in [0.1, 0.15) is 0 Å². The molecule has 4 atom stereocenters. The number of hydrogen-bond acceptors (Lipinski definition) is 4. The Balaban J connectivity index is 1.54. The van der Waals surface area contributed by atoms with Gasteiger partial charge in [-0.25, -0.2) is 0 Å². The van der Waals surface area contributed by atoms with Crippen molar-refractivity contribution in [1.82, 2.24) is 0 Å². The van der Waals surface area contributed by atoms with Crippen molar-refractivity contribution in [3.8, 4) is 0 Å². The molecule has 2 saturated heterocycles. The lowest BCUT2D eigenvalue weighted by molar-refractivity contribution is -0.0802. The molecule has 2 aromatic carbocycles. The minimum absolute atomic E-state index is 0.0268. The second-order valence-electron chi connectivity index (χ2n) is 9.90. The lowest BCUT2D eigenvalue weighted by Crippen LogP contribution is -2.67. The van der Waals surface area contributed by atoms with Gasteiger partial charge in [-0.05, 0) is 41.1 Å². The minimum atomic E-state index is -2.53. The highest BCUT2D eigenvalue weighted by molar-refractivity contribution is 6.99. The van der Waals surface area contributed by atoms with Crippen molar-refractivity contribution in [1.29, 1.82) is 0 Å². The molecule has 0 radical (unpaired) electrons. The normalized spacial score (nSPS) is 27.0. The van der Waals surface area contributed by atoms with Crippen LogP contribution in [-0.4, -0.2) is 51.1 Å². The number of ether oxygens (including phenoxy) is 2. The van der Waals surface area contributed by atoms with Gasteiger partial charge in [0, 0.05) is 0 Å². The van der Waals surface area contributed by atoms with E-state index in [2.05, 4.69) is 81.4 Å². The zero-order chi connectivity index (χ0) is 21.9. The SMILES string of the molecule is CC(C)(C)[Si](OC[C@@H]1CC[C@@H]([C@H]2CC[C@@H](CO)O2)O1)(c1ccccc1)c1ccccc1. The van der Waals surface area contributed by atoms with E-state index in [1.54, 1.807) is 0 Å². The predicted octanol–water partition coefficient (Wildman–Crippen LogP) is 3.65. The standard InChI is InChI=1S/C26H36O4Si/c1-26(2,3)31(22-10-6-4-7-11-22,23-12-8-5-9-13-23)28-19-21-15-17-25(30-21)24-16-14-20(18-27)29-24/h4-13,20-21,24-25,27H,14-19H2,1-3H3/t20-,21-,24+,25-/m0/s1. The van der Waals surface area contributed by atoms with Crippen LogP contribution in [-0.2, 0) is 13.9 Å². The van der Waals surface area contributed by atoms with E-state index in [4.69, 9.17) is 13.9 Å². The topological polar surface area (TPSA) is 47.9 Å². The van der Waals surface area contributed by atoms with Crippen molar-refractivity contribution in [3.63, 3.8) is 0 Å². The van der Waals surface area contributed by atoms with E-state index < -0.39 is 8.32 Å². The maximum Gasteiger partial charge on any atom is 0.261 e. The van der Waals surface area contributed by atoms with Crippen LogP contribution in [0.2, 0.25) is 5.04 Å². The van der Waals surface area contributed by atoms with Crippen LogP contribution in [0.1, 0.15) is 46.5 Å². The Hall–Kier alpha value is -1.50. The molecule has 31 heavy (non-hydrogen) atoms. The van der Waals surface area contributed by atoms with Crippen molar-refractivity contribution in [2.24, 2.45) is 0 Å². The molecule has 0 bridgehead atoms. The van der Waals surface area contributed by atoms with Gasteiger partial charge in [0.25, 0.3) is 8.32 Å². The third kappa shape index (κ3) is 4.66. The zero-order valence-electron chi connectivity index (χ0n) is 19.0. The van der Waals surface area contributed by atoms with Crippen LogP contribution in [0.3, 0.4) is 0 Å². The predicted molar refractivity (Wildman–Crippen MR) is 126 cm³/mol. The van der Waals surface area contributed by atoms with Crippen LogP contribution in [0.5, 0.6) is 0 Å². The Morgan fingerprint density at radius 3 is 1.74 bits per heavy atom. The summed E-state index contributed by atoms with van der Waals surface area (Å²) >= 11 is 0. The smallest absolute Gasteiger partial charge is 0.261 e. The third-order valence-corrected chi connectivity index (χ3v) is 11.8. The maximum atomic E-state index is 9.36. The van der Waals surface area contributed by atoms with Gasteiger partial charge in [-0.1, -0.05) is 81.4 Å². The molecule has 0 aromatic heterocycles. The van der Waals surface area contributed by atoms with Crippen LogP contribution < -0.4 is 10.4 Å². The van der Waals surface area contributed by atoms with Crippen molar-refractivity contribution < 1.29 is 19.0 Å². The van der Waals surface area contributed by atoms with E-state index in [1.807, 2.05) is 0 Å². The molecule has 5 heteroatoms. The largest absolute Gasteiger partial charge is 0.405 e. The minimum Gasteiger partial charge on any atom is -0.405 e. The first kappa shape index (κ1) is 22.7. The van der Waals surface area contributed by atoms with E-state index >= 15 is 0 Å². The Bertz CT molecular complexity index is 781. The molecule has 0 amide bonds. The van der Waals surface area contributed by atoms with Crippen LogP contribution in [0.4, 0.5) is 0 Å². The summed E-state index contributed by atoms with van der Waals surface area (Å²) in [4.78, 5) is 0. The zero-order valence-corrected chi connectivity index (χ0v) is 20.0. The second kappa shape index (κ2) is 9.55. The lowest BCUT2D eigenvalue weighted by Gasteiger charge is -2.43. The Kier molecular flexibility index (Phi) is 6.99. The van der Waals surface area contributed by atoms with Gasteiger partial charge >= 0.3 is 0 Å². The fraction of sp³-hybridized carbons (Fsp3) is 0.538. The van der Waals surface area contributed by atoms with Gasteiger partial charge in [0.15, 0.2) is 0 Å². The first-order valence-corrected chi connectivity index (χ1v) is 13.5. The summed E-state index contributed by atoms with van der Waals surface area (Å²) < 4.78 is 19.4. The highest BCUT2D eigenvalue weighted by atomic mass is 28.4. The fourth-order valence-corrected chi connectivity index (χ4v) is 9.84. The summed E-state index contributed by atoms with van der Waals surface area (Å²) in [7, 11) is -2.53. The molecule has 4 rings (SSSR count). The highest BCUT2D eigenvalue weighted by Crippen LogP contribution is 2.38. The Labute approximate surface area is 187 Å². The molecule has 0 aliphatic carbocycles. The summed E-state index contributed by atoms with van der Waals surface area (Å²) in [5, 5.41) is 11.9. The van der Waals surface area contributed by atoms with Crippen LogP contribution in [0.25, 0.3) is 0 Å². The molecule has 2 aliphatic heterocycles. The van der Waals surface area contributed by atoms with E-state index in [0.29, 0.717) is 6.61 Å².